The van der Waals surface area contributed by atoms with Crippen molar-refractivity contribution in [3.63, 3.8) is 0 Å². The Morgan fingerprint density at radius 1 is 0.743 bits per heavy atom. The zero-order chi connectivity index (χ0) is 25.6. The van der Waals surface area contributed by atoms with Gasteiger partial charge in [0.25, 0.3) is 10.0 Å². The number of hydrogen-bond donors (Lipinski definition) is 2. The van der Waals surface area contributed by atoms with E-state index in [9.17, 15) is 13.5 Å². The van der Waals surface area contributed by atoms with Crippen LogP contribution in [0.15, 0.2) is 53.4 Å². The van der Waals surface area contributed by atoms with E-state index in [1.54, 1.807) is 30.4 Å². The molecule has 0 aliphatic heterocycles. The number of benzene rings is 3. The summed E-state index contributed by atoms with van der Waals surface area (Å²) >= 11 is 0. The first-order valence-electron chi connectivity index (χ1n) is 10.3. The molecular formula is C25H27NO8S. The number of phenolic OH excluding ortho intramolecular Hbond substituents is 1. The van der Waals surface area contributed by atoms with Crippen LogP contribution in [0.1, 0.15) is 11.1 Å². The third kappa shape index (κ3) is 5.55. The predicted octanol–water partition coefficient (Wildman–Crippen LogP) is 4.41. The molecule has 0 bridgehead atoms. The van der Waals surface area contributed by atoms with Gasteiger partial charge in [-0.2, -0.15) is 0 Å². The normalized spacial score (nSPS) is 11.2. The third-order valence-electron chi connectivity index (χ3n) is 5.14. The van der Waals surface area contributed by atoms with E-state index >= 15 is 0 Å². The van der Waals surface area contributed by atoms with Gasteiger partial charge in [-0.15, -0.1) is 0 Å². The van der Waals surface area contributed by atoms with E-state index in [1.165, 1.54) is 65.9 Å². The van der Waals surface area contributed by atoms with Crippen molar-refractivity contribution in [3.8, 4) is 34.5 Å². The number of rotatable bonds is 10. The summed E-state index contributed by atoms with van der Waals surface area (Å²) in [6, 6.07) is 12.5. The Bertz CT molecular complexity index is 1290. The van der Waals surface area contributed by atoms with Crippen LogP contribution in [0.5, 0.6) is 34.5 Å². The number of hydrogen-bond acceptors (Lipinski definition) is 8. The van der Waals surface area contributed by atoms with Crippen LogP contribution in [0, 0.1) is 0 Å². The highest BCUT2D eigenvalue weighted by Crippen LogP contribution is 2.41. The van der Waals surface area contributed by atoms with Crippen molar-refractivity contribution in [1.29, 1.82) is 0 Å². The van der Waals surface area contributed by atoms with E-state index in [0.29, 0.717) is 34.1 Å². The van der Waals surface area contributed by atoms with E-state index < -0.39 is 10.0 Å². The Balaban J connectivity index is 2.04. The van der Waals surface area contributed by atoms with Gasteiger partial charge >= 0.3 is 0 Å². The van der Waals surface area contributed by atoms with Crippen molar-refractivity contribution in [2.45, 2.75) is 4.90 Å². The van der Waals surface area contributed by atoms with E-state index in [4.69, 9.17) is 23.7 Å². The molecule has 186 valence electrons. The average Bonchev–Trinajstić information content (AvgIpc) is 2.88. The molecule has 0 saturated heterocycles. The molecule has 0 amide bonds. The molecule has 2 N–H and O–H groups in total. The molecule has 0 fully saturated rings. The highest BCUT2D eigenvalue weighted by molar-refractivity contribution is 7.92. The SMILES string of the molecule is COc1ccc(S(=O)(=O)Nc2c(/C=C\c3cc(OC)c(OC)c(OC)c3)ccc(OC)c2O)cc1. The highest BCUT2D eigenvalue weighted by atomic mass is 32.2. The van der Waals surface area contributed by atoms with Gasteiger partial charge in [-0.05, 0) is 54.1 Å². The molecule has 0 saturated carbocycles. The number of nitrogens with one attached hydrogen (secondary N) is 1. The lowest BCUT2D eigenvalue weighted by atomic mass is 10.1. The van der Waals surface area contributed by atoms with E-state index in [-0.39, 0.29) is 22.1 Å². The van der Waals surface area contributed by atoms with Gasteiger partial charge in [-0.25, -0.2) is 8.42 Å². The number of phenols is 1. The summed E-state index contributed by atoms with van der Waals surface area (Å²) in [6.45, 7) is 0. The van der Waals surface area contributed by atoms with Gasteiger partial charge in [0.2, 0.25) is 5.75 Å². The Morgan fingerprint density at radius 3 is 1.86 bits per heavy atom. The second kappa shape index (κ2) is 10.9. The number of methoxy groups -OCH3 is 5. The first-order chi connectivity index (χ1) is 16.8. The summed E-state index contributed by atoms with van der Waals surface area (Å²) in [5.74, 6) is 1.65. The van der Waals surface area contributed by atoms with Crippen molar-refractivity contribution in [2.24, 2.45) is 0 Å². The number of anilines is 1. The van der Waals surface area contributed by atoms with Crippen LogP contribution in [0.2, 0.25) is 0 Å². The van der Waals surface area contributed by atoms with Crippen molar-refractivity contribution in [2.75, 3.05) is 40.3 Å². The number of sulfonamides is 1. The minimum absolute atomic E-state index is 0.0000709. The third-order valence-corrected chi connectivity index (χ3v) is 6.51. The molecule has 3 aromatic rings. The van der Waals surface area contributed by atoms with Crippen LogP contribution in [0.3, 0.4) is 0 Å². The largest absolute Gasteiger partial charge is 0.503 e. The average molecular weight is 502 g/mol. The zero-order valence-corrected chi connectivity index (χ0v) is 20.8. The summed E-state index contributed by atoms with van der Waals surface area (Å²) in [6.07, 6.45) is 3.36. The van der Waals surface area contributed by atoms with Gasteiger partial charge in [-0.1, -0.05) is 12.2 Å². The Hall–Kier alpha value is -4.05. The van der Waals surface area contributed by atoms with Crippen LogP contribution in [-0.2, 0) is 10.0 Å². The standard InChI is InChI=1S/C25H27NO8S/c1-30-18-9-11-19(12-10-18)35(28,29)26-23-17(8-13-20(31-2)24(23)27)7-6-16-14-21(32-3)25(34-5)22(15-16)33-4/h6-15,26-27H,1-5H3/b7-6-. The predicted molar refractivity (Wildman–Crippen MR) is 133 cm³/mol. The lowest BCUT2D eigenvalue weighted by Gasteiger charge is -2.15. The number of aromatic hydroxyl groups is 1. The maximum atomic E-state index is 13.0. The molecule has 0 radical (unpaired) electrons. The zero-order valence-electron chi connectivity index (χ0n) is 20.0. The Kier molecular flexibility index (Phi) is 7.98. The molecule has 0 aliphatic carbocycles. The second-order valence-corrected chi connectivity index (χ2v) is 8.84. The van der Waals surface area contributed by atoms with Gasteiger partial charge in [0.1, 0.15) is 11.4 Å². The fourth-order valence-electron chi connectivity index (χ4n) is 3.33. The smallest absolute Gasteiger partial charge is 0.262 e. The fourth-order valence-corrected chi connectivity index (χ4v) is 4.43. The van der Waals surface area contributed by atoms with Crippen LogP contribution in [-0.4, -0.2) is 49.1 Å². The summed E-state index contributed by atoms with van der Waals surface area (Å²) in [4.78, 5) is 0.0000709. The maximum Gasteiger partial charge on any atom is 0.262 e. The molecule has 0 aliphatic rings. The second-order valence-electron chi connectivity index (χ2n) is 7.15. The van der Waals surface area contributed by atoms with Crippen LogP contribution >= 0.6 is 0 Å². The quantitative estimate of drug-likeness (QED) is 0.310. The van der Waals surface area contributed by atoms with Crippen molar-refractivity contribution in [1.82, 2.24) is 0 Å². The molecule has 3 rings (SSSR count). The monoisotopic (exact) mass is 501 g/mol. The summed E-state index contributed by atoms with van der Waals surface area (Å²) in [7, 11) is 3.37. The lowest BCUT2D eigenvalue weighted by Crippen LogP contribution is -2.14. The number of ether oxygens (including phenoxy) is 5. The maximum absolute atomic E-state index is 13.0. The first-order valence-corrected chi connectivity index (χ1v) is 11.8. The molecular weight excluding hydrogens is 474 g/mol. The summed E-state index contributed by atoms with van der Waals surface area (Å²) < 4.78 is 54.9. The van der Waals surface area contributed by atoms with E-state index in [2.05, 4.69) is 4.72 Å². The molecule has 0 unspecified atom stereocenters. The molecule has 35 heavy (non-hydrogen) atoms. The highest BCUT2D eigenvalue weighted by Gasteiger charge is 2.21. The van der Waals surface area contributed by atoms with Gasteiger partial charge < -0.3 is 28.8 Å². The first kappa shape index (κ1) is 25.6. The van der Waals surface area contributed by atoms with Gasteiger partial charge in [0.15, 0.2) is 23.0 Å². The fraction of sp³-hybridized carbons (Fsp3) is 0.200. The molecule has 9 nitrogen and oxygen atoms in total. The van der Waals surface area contributed by atoms with Gasteiger partial charge in [0, 0.05) is 5.56 Å². The minimum Gasteiger partial charge on any atom is -0.503 e. The topological polar surface area (TPSA) is 113 Å². The Labute approximate surface area is 204 Å². The summed E-state index contributed by atoms with van der Waals surface area (Å²) in [5, 5.41) is 10.7. The van der Waals surface area contributed by atoms with Crippen LogP contribution in [0.25, 0.3) is 12.2 Å². The van der Waals surface area contributed by atoms with Crippen molar-refractivity contribution in [3.05, 3.63) is 59.7 Å². The summed E-state index contributed by atoms with van der Waals surface area (Å²) in [5.41, 5.74) is 1.05. The Morgan fingerprint density at radius 2 is 1.34 bits per heavy atom. The molecule has 3 aromatic carbocycles. The molecule has 0 heterocycles. The minimum atomic E-state index is -4.03. The van der Waals surface area contributed by atoms with Crippen molar-refractivity contribution < 1.29 is 37.2 Å². The van der Waals surface area contributed by atoms with Gasteiger partial charge in [-0.3, -0.25) is 4.72 Å². The molecule has 0 atom stereocenters. The molecule has 0 aromatic heterocycles. The molecule has 10 heteroatoms. The van der Waals surface area contributed by atoms with Crippen molar-refractivity contribution >= 4 is 27.9 Å². The van der Waals surface area contributed by atoms with E-state index in [0.717, 1.165) is 0 Å². The van der Waals surface area contributed by atoms with Crippen LogP contribution < -0.4 is 28.4 Å². The van der Waals surface area contributed by atoms with E-state index in [1.807, 2.05) is 0 Å². The van der Waals surface area contributed by atoms with Crippen LogP contribution in [0.4, 0.5) is 5.69 Å². The van der Waals surface area contributed by atoms with Gasteiger partial charge in [0.05, 0.1) is 40.4 Å². The molecule has 0 spiro atoms. The lowest BCUT2D eigenvalue weighted by molar-refractivity contribution is 0.324.